The molecule has 0 spiro atoms. The summed E-state index contributed by atoms with van der Waals surface area (Å²) in [7, 11) is 0. The van der Waals surface area contributed by atoms with Gasteiger partial charge in [0.1, 0.15) is 18.3 Å². The largest absolute Gasteiger partial charge is 0.386 e. The molecule has 0 saturated heterocycles. The zero-order chi connectivity index (χ0) is 20.0. The van der Waals surface area contributed by atoms with Crippen LogP contribution < -0.4 is 0 Å². The smallest absolute Gasteiger partial charge is 0.162 e. The maximum absolute atomic E-state index is 14.3. The third-order valence-corrected chi connectivity index (χ3v) is 10.1. The maximum atomic E-state index is 14.3. The first-order chi connectivity index (χ1) is 13.9. The average Bonchev–Trinajstić information content (AvgIpc) is 3.08. The predicted octanol–water partition coefficient (Wildman–Crippen LogP) is 2.82. The van der Waals surface area contributed by atoms with Crippen LogP contribution in [0.15, 0.2) is 6.33 Å². The van der Waals surface area contributed by atoms with Crippen LogP contribution in [-0.4, -0.2) is 42.9 Å². The first-order valence-corrected chi connectivity index (χ1v) is 11.5. The van der Waals surface area contributed by atoms with Crippen LogP contribution in [0.3, 0.4) is 0 Å². The number of alkyl halides is 1. The molecule has 1 aromatic rings. The molecule has 6 nitrogen and oxygen atoms in total. The highest BCUT2D eigenvalue weighted by molar-refractivity contribution is 5.81. The van der Waals surface area contributed by atoms with Gasteiger partial charge in [0.05, 0.1) is 0 Å². The molecule has 0 amide bonds. The van der Waals surface area contributed by atoms with Crippen LogP contribution in [-0.2, 0) is 11.3 Å². The zero-order valence-corrected chi connectivity index (χ0v) is 17.1. The Morgan fingerprint density at radius 1 is 1.10 bits per heavy atom. The number of hydrogen-bond acceptors (Lipinski definition) is 5. The number of Topliss-reactive ketones (excluding diaryl/α,β-unsaturated/α-hetero) is 1. The normalized spacial score (nSPS) is 52.8. The Bertz CT molecular complexity index is 818. The molecule has 1 N–H and O–H groups in total. The summed E-state index contributed by atoms with van der Waals surface area (Å²) in [6.45, 7) is 2.58. The van der Waals surface area contributed by atoms with Gasteiger partial charge in [-0.15, -0.1) is 10.2 Å². The minimum atomic E-state index is -0.989. The number of tetrazole rings is 1. The molecule has 5 fully saturated rings. The first kappa shape index (κ1) is 18.4. The van der Waals surface area contributed by atoms with E-state index in [1.807, 2.05) is 0 Å². The minimum absolute atomic E-state index is 0.0727. The Balaban J connectivity index is 1.21. The van der Waals surface area contributed by atoms with Crippen molar-refractivity contribution in [1.82, 2.24) is 20.2 Å². The molecule has 0 aliphatic heterocycles. The summed E-state index contributed by atoms with van der Waals surface area (Å²) in [5, 5.41) is 22.1. The van der Waals surface area contributed by atoms with Crippen LogP contribution in [0.2, 0.25) is 0 Å². The number of hydrogen-bond donors (Lipinski definition) is 1. The van der Waals surface area contributed by atoms with Crippen molar-refractivity contribution < 1.29 is 14.3 Å². The fraction of sp³-hybridized carbons (Fsp3) is 0.909. The number of carbonyl (C=O) groups is 1. The lowest BCUT2D eigenvalue weighted by molar-refractivity contribution is -0.132. The fourth-order valence-corrected chi connectivity index (χ4v) is 8.79. The van der Waals surface area contributed by atoms with Crippen LogP contribution in [0.5, 0.6) is 0 Å². The molecule has 10 atom stereocenters. The molecule has 2 unspecified atom stereocenters. The molecule has 7 heteroatoms. The summed E-state index contributed by atoms with van der Waals surface area (Å²) in [4.78, 5) is 14.5. The van der Waals surface area contributed by atoms with Gasteiger partial charge in [0.15, 0.2) is 12.1 Å². The molecule has 0 radical (unpaired) electrons. The van der Waals surface area contributed by atoms with E-state index in [9.17, 15) is 14.3 Å². The molecule has 1 aromatic heterocycles. The highest BCUT2D eigenvalue weighted by atomic mass is 19.1. The fourth-order valence-electron chi connectivity index (χ4n) is 8.79. The Hall–Kier alpha value is -1.37. The van der Waals surface area contributed by atoms with Crippen molar-refractivity contribution in [3.05, 3.63) is 6.33 Å². The van der Waals surface area contributed by atoms with E-state index < -0.39 is 11.8 Å². The number of carbonyl (C=O) groups excluding carboxylic acids is 1. The highest BCUT2D eigenvalue weighted by Gasteiger charge is 2.72. The molecule has 5 aliphatic rings. The molecular weight excluding hydrogens is 371 g/mol. The van der Waals surface area contributed by atoms with Gasteiger partial charge in [-0.05, 0) is 91.6 Å². The van der Waals surface area contributed by atoms with Crippen LogP contribution in [0.4, 0.5) is 4.39 Å². The third kappa shape index (κ3) is 2.42. The predicted molar refractivity (Wildman–Crippen MR) is 102 cm³/mol. The Kier molecular flexibility index (Phi) is 3.86. The molecule has 29 heavy (non-hydrogen) atoms. The SMILES string of the molecule is C[C@]12CC[C@@H]3[C@H]4CC[C@]5(O)C(F)C5[C@H]4CC[C@H]3[C@@H]1CC[C@@H]2C(=O)Cn1ncnn1. The summed E-state index contributed by atoms with van der Waals surface area (Å²) in [5.41, 5.74) is -0.916. The van der Waals surface area contributed by atoms with Crippen LogP contribution in [0.1, 0.15) is 58.3 Å². The molecule has 158 valence electrons. The summed E-state index contributed by atoms with van der Waals surface area (Å²) < 4.78 is 14.3. The second kappa shape index (κ2) is 6.08. The van der Waals surface area contributed by atoms with E-state index in [1.165, 1.54) is 11.1 Å². The molecular formula is C22H31FN4O2. The lowest BCUT2D eigenvalue weighted by Crippen LogP contribution is -2.50. The van der Waals surface area contributed by atoms with Gasteiger partial charge in [-0.1, -0.05) is 6.92 Å². The zero-order valence-electron chi connectivity index (χ0n) is 17.1. The maximum Gasteiger partial charge on any atom is 0.162 e. The Labute approximate surface area is 170 Å². The van der Waals surface area contributed by atoms with Gasteiger partial charge in [-0.2, -0.15) is 4.80 Å². The average molecular weight is 403 g/mol. The minimum Gasteiger partial charge on any atom is -0.386 e. The molecule has 6 rings (SSSR count). The number of ketones is 1. The summed E-state index contributed by atoms with van der Waals surface area (Å²) in [6.07, 6.45) is 8.61. The van der Waals surface area contributed by atoms with Crippen molar-refractivity contribution in [2.24, 2.45) is 46.8 Å². The number of aromatic nitrogens is 4. The topological polar surface area (TPSA) is 80.9 Å². The van der Waals surface area contributed by atoms with Crippen molar-refractivity contribution >= 4 is 5.78 Å². The molecule has 0 aromatic carbocycles. The van der Waals surface area contributed by atoms with E-state index >= 15 is 0 Å². The molecule has 0 bridgehead atoms. The van der Waals surface area contributed by atoms with Gasteiger partial charge in [0, 0.05) is 11.8 Å². The van der Waals surface area contributed by atoms with E-state index in [4.69, 9.17) is 0 Å². The van der Waals surface area contributed by atoms with Crippen LogP contribution >= 0.6 is 0 Å². The lowest BCUT2D eigenvalue weighted by Gasteiger charge is -2.55. The summed E-state index contributed by atoms with van der Waals surface area (Å²) in [5.74, 6) is 3.14. The number of rotatable bonds is 3. The lowest BCUT2D eigenvalue weighted by atomic mass is 9.49. The van der Waals surface area contributed by atoms with Crippen molar-refractivity contribution in [1.29, 1.82) is 0 Å². The van der Waals surface area contributed by atoms with Gasteiger partial charge < -0.3 is 5.11 Å². The Morgan fingerprint density at radius 3 is 2.66 bits per heavy atom. The standard InChI is InChI=1S/C22H31FN4O2/c1-21-8-6-12-13-7-9-22(29)19(20(22)23)15(13)3-2-14(12)16(21)4-5-17(21)18(28)10-27-25-11-24-26-27/h11-17,19-20,29H,2-10H2,1H3/t12-,13-,14-,15+,16+,17-,19?,20?,21+,22-/m1/s1. The van der Waals surface area contributed by atoms with E-state index in [1.54, 1.807) is 0 Å². The Morgan fingerprint density at radius 2 is 1.86 bits per heavy atom. The van der Waals surface area contributed by atoms with Crippen LogP contribution in [0, 0.1) is 46.8 Å². The van der Waals surface area contributed by atoms with Crippen molar-refractivity contribution in [3.8, 4) is 0 Å². The third-order valence-electron chi connectivity index (χ3n) is 10.1. The van der Waals surface area contributed by atoms with Gasteiger partial charge in [-0.3, -0.25) is 4.79 Å². The first-order valence-electron chi connectivity index (χ1n) is 11.5. The molecule has 5 aliphatic carbocycles. The van der Waals surface area contributed by atoms with Gasteiger partial charge in [0.2, 0.25) is 0 Å². The number of aliphatic hydroxyl groups is 1. The monoisotopic (exact) mass is 402 g/mol. The summed E-state index contributed by atoms with van der Waals surface area (Å²) in [6, 6.07) is 0. The number of fused-ring (bicyclic) bond motifs is 7. The van der Waals surface area contributed by atoms with Gasteiger partial charge in [0.25, 0.3) is 0 Å². The summed E-state index contributed by atoms with van der Waals surface area (Å²) >= 11 is 0. The number of halogens is 1. The second-order valence-electron chi connectivity index (χ2n) is 10.9. The van der Waals surface area contributed by atoms with E-state index in [0.717, 1.165) is 44.9 Å². The van der Waals surface area contributed by atoms with Crippen molar-refractivity contribution in [3.63, 3.8) is 0 Å². The van der Waals surface area contributed by atoms with Crippen molar-refractivity contribution in [2.45, 2.75) is 76.6 Å². The molecule has 5 saturated carbocycles. The highest BCUT2D eigenvalue weighted by Crippen LogP contribution is 2.69. The van der Waals surface area contributed by atoms with E-state index in [-0.39, 0.29) is 29.6 Å². The van der Waals surface area contributed by atoms with E-state index in [2.05, 4.69) is 22.3 Å². The van der Waals surface area contributed by atoms with Gasteiger partial charge in [-0.25, -0.2) is 4.39 Å². The second-order valence-corrected chi connectivity index (χ2v) is 10.9. The molecule has 1 heterocycles. The van der Waals surface area contributed by atoms with Crippen molar-refractivity contribution in [2.75, 3.05) is 0 Å². The van der Waals surface area contributed by atoms with Gasteiger partial charge >= 0.3 is 0 Å². The number of nitrogens with zero attached hydrogens (tertiary/aromatic N) is 4. The quantitative estimate of drug-likeness (QED) is 0.841. The van der Waals surface area contributed by atoms with E-state index in [0.29, 0.717) is 36.0 Å². The van der Waals surface area contributed by atoms with Crippen LogP contribution in [0.25, 0.3) is 0 Å².